The highest BCUT2D eigenvalue weighted by atomic mass is 35.5. The van der Waals surface area contributed by atoms with E-state index < -0.39 is 0 Å². The molecular formula is C11H18ClN3OS. The highest BCUT2D eigenvalue weighted by Crippen LogP contribution is 2.47. The fourth-order valence-electron chi connectivity index (χ4n) is 2.31. The molecule has 0 aromatic carbocycles. The molecule has 0 unspecified atom stereocenters. The normalized spacial score (nSPS) is 23.1. The third-order valence-corrected chi connectivity index (χ3v) is 4.24. The monoisotopic (exact) mass is 275 g/mol. The summed E-state index contributed by atoms with van der Waals surface area (Å²) in [5.74, 6) is 0. The Morgan fingerprint density at radius 1 is 1.53 bits per heavy atom. The number of aromatic nitrogens is 1. The van der Waals surface area contributed by atoms with Crippen LogP contribution in [0.4, 0.5) is 5.13 Å². The highest BCUT2D eigenvalue weighted by Gasteiger charge is 2.45. The summed E-state index contributed by atoms with van der Waals surface area (Å²) < 4.78 is 5.67. The summed E-state index contributed by atoms with van der Waals surface area (Å²) >= 11 is 1.59. The zero-order valence-corrected chi connectivity index (χ0v) is 11.4. The Hall–Kier alpha value is -0.360. The van der Waals surface area contributed by atoms with Gasteiger partial charge in [0.25, 0.3) is 0 Å². The van der Waals surface area contributed by atoms with Gasteiger partial charge in [-0.3, -0.25) is 4.90 Å². The van der Waals surface area contributed by atoms with E-state index in [-0.39, 0.29) is 12.4 Å². The molecule has 1 aromatic rings. The molecule has 1 aliphatic heterocycles. The Bertz CT molecular complexity index is 381. The van der Waals surface area contributed by atoms with Crippen LogP contribution in [0.2, 0.25) is 0 Å². The molecule has 1 saturated heterocycles. The van der Waals surface area contributed by atoms with Gasteiger partial charge in [-0.15, -0.1) is 23.7 Å². The highest BCUT2D eigenvalue weighted by molar-refractivity contribution is 7.15. The zero-order valence-electron chi connectivity index (χ0n) is 9.72. The maximum atomic E-state index is 5.67. The fourth-order valence-corrected chi connectivity index (χ4v) is 3.04. The second-order valence-electron chi connectivity index (χ2n) is 4.93. The van der Waals surface area contributed by atoms with Crippen molar-refractivity contribution < 1.29 is 4.74 Å². The summed E-state index contributed by atoms with van der Waals surface area (Å²) in [6.07, 6.45) is 4.55. The quantitative estimate of drug-likeness (QED) is 0.894. The number of hydrogen-bond donors (Lipinski definition) is 1. The van der Waals surface area contributed by atoms with E-state index in [2.05, 4.69) is 9.88 Å². The van der Waals surface area contributed by atoms with Gasteiger partial charge in [-0.1, -0.05) is 0 Å². The van der Waals surface area contributed by atoms with Crippen molar-refractivity contribution in [3.63, 3.8) is 0 Å². The van der Waals surface area contributed by atoms with E-state index in [9.17, 15) is 0 Å². The Morgan fingerprint density at radius 2 is 2.35 bits per heavy atom. The molecule has 17 heavy (non-hydrogen) atoms. The van der Waals surface area contributed by atoms with E-state index in [1.54, 1.807) is 11.3 Å². The van der Waals surface area contributed by atoms with Crippen molar-refractivity contribution in [3.05, 3.63) is 11.1 Å². The summed E-state index contributed by atoms with van der Waals surface area (Å²) in [6, 6.07) is 0. The standard InChI is InChI=1S/C11H17N3OS.ClH/c12-10-13-5-9(16-10)6-14-3-4-15-8-11(7-14)1-2-11;/h5H,1-4,6-8H2,(H2,12,13);1H. The summed E-state index contributed by atoms with van der Waals surface area (Å²) in [6.45, 7) is 4.98. The van der Waals surface area contributed by atoms with Crippen LogP contribution in [0.1, 0.15) is 17.7 Å². The number of hydrogen-bond acceptors (Lipinski definition) is 5. The summed E-state index contributed by atoms with van der Waals surface area (Å²) in [4.78, 5) is 7.83. The van der Waals surface area contributed by atoms with E-state index in [1.165, 1.54) is 24.3 Å². The summed E-state index contributed by atoms with van der Waals surface area (Å²) in [5.41, 5.74) is 6.12. The minimum absolute atomic E-state index is 0. The molecule has 1 spiro atoms. The van der Waals surface area contributed by atoms with Crippen LogP contribution in [0.3, 0.4) is 0 Å². The van der Waals surface area contributed by atoms with Crippen molar-refractivity contribution in [2.24, 2.45) is 5.41 Å². The van der Waals surface area contributed by atoms with Crippen LogP contribution in [0.25, 0.3) is 0 Å². The molecule has 2 aliphatic rings. The average molecular weight is 276 g/mol. The predicted molar refractivity (Wildman–Crippen MR) is 71.5 cm³/mol. The van der Waals surface area contributed by atoms with Gasteiger partial charge in [0.2, 0.25) is 0 Å². The van der Waals surface area contributed by atoms with Crippen LogP contribution in [0.15, 0.2) is 6.20 Å². The van der Waals surface area contributed by atoms with Crippen LogP contribution in [-0.4, -0.2) is 36.2 Å². The number of halogens is 1. The van der Waals surface area contributed by atoms with Gasteiger partial charge in [0.05, 0.1) is 13.2 Å². The lowest BCUT2D eigenvalue weighted by Gasteiger charge is -2.21. The maximum Gasteiger partial charge on any atom is 0.180 e. The van der Waals surface area contributed by atoms with Crippen molar-refractivity contribution in [1.29, 1.82) is 0 Å². The van der Waals surface area contributed by atoms with Gasteiger partial charge >= 0.3 is 0 Å². The van der Waals surface area contributed by atoms with Crippen LogP contribution in [0, 0.1) is 5.41 Å². The van der Waals surface area contributed by atoms with Crippen LogP contribution >= 0.6 is 23.7 Å². The molecule has 2 heterocycles. The van der Waals surface area contributed by atoms with Gasteiger partial charge < -0.3 is 10.5 Å². The van der Waals surface area contributed by atoms with Gasteiger partial charge in [0.1, 0.15) is 0 Å². The minimum atomic E-state index is 0. The van der Waals surface area contributed by atoms with Gasteiger partial charge in [-0.25, -0.2) is 4.98 Å². The first-order chi connectivity index (χ1) is 7.76. The van der Waals surface area contributed by atoms with Gasteiger partial charge in [0, 0.05) is 36.1 Å². The van der Waals surface area contributed by atoms with E-state index in [4.69, 9.17) is 10.5 Å². The zero-order chi connectivity index (χ0) is 11.0. The Kier molecular flexibility index (Phi) is 3.92. The average Bonchev–Trinajstić information content (AvgIpc) is 2.95. The molecule has 2 fully saturated rings. The number of thiazole rings is 1. The van der Waals surface area contributed by atoms with E-state index >= 15 is 0 Å². The molecule has 96 valence electrons. The summed E-state index contributed by atoms with van der Waals surface area (Å²) in [7, 11) is 0. The van der Waals surface area contributed by atoms with Gasteiger partial charge in [0.15, 0.2) is 5.13 Å². The lowest BCUT2D eigenvalue weighted by Crippen LogP contribution is -2.30. The Morgan fingerprint density at radius 3 is 3.00 bits per heavy atom. The molecule has 2 N–H and O–H groups in total. The molecule has 0 bridgehead atoms. The number of nitrogens with two attached hydrogens (primary N) is 1. The number of rotatable bonds is 2. The smallest absolute Gasteiger partial charge is 0.180 e. The van der Waals surface area contributed by atoms with Crippen LogP contribution in [-0.2, 0) is 11.3 Å². The largest absolute Gasteiger partial charge is 0.379 e. The molecule has 0 amide bonds. The second kappa shape index (κ2) is 5.10. The van der Waals surface area contributed by atoms with Crippen molar-refractivity contribution in [3.8, 4) is 0 Å². The first-order valence-electron chi connectivity index (χ1n) is 5.76. The molecule has 6 heteroatoms. The van der Waals surface area contributed by atoms with Crippen molar-refractivity contribution in [1.82, 2.24) is 9.88 Å². The number of nitrogens with zero attached hydrogens (tertiary/aromatic N) is 2. The molecule has 0 radical (unpaired) electrons. The maximum absolute atomic E-state index is 5.67. The molecule has 1 aromatic heterocycles. The molecule has 0 atom stereocenters. The molecule has 1 aliphatic carbocycles. The van der Waals surface area contributed by atoms with E-state index in [0.717, 1.165) is 26.3 Å². The summed E-state index contributed by atoms with van der Waals surface area (Å²) in [5, 5.41) is 0.669. The SMILES string of the molecule is Cl.Nc1ncc(CN2CCOCC3(CC3)C2)s1. The molecule has 3 rings (SSSR count). The second-order valence-corrected chi connectivity index (χ2v) is 6.07. The molecular weight excluding hydrogens is 258 g/mol. The van der Waals surface area contributed by atoms with Crippen molar-refractivity contribution in [2.45, 2.75) is 19.4 Å². The molecule has 1 saturated carbocycles. The minimum Gasteiger partial charge on any atom is -0.379 e. The number of anilines is 1. The van der Waals surface area contributed by atoms with Crippen LogP contribution < -0.4 is 5.73 Å². The number of nitrogen functional groups attached to an aromatic ring is 1. The number of ether oxygens (including phenoxy) is 1. The Labute approximate surface area is 112 Å². The van der Waals surface area contributed by atoms with Gasteiger partial charge in [-0.05, 0) is 12.8 Å². The first-order valence-corrected chi connectivity index (χ1v) is 6.58. The molecule has 4 nitrogen and oxygen atoms in total. The first kappa shape index (κ1) is 13.1. The van der Waals surface area contributed by atoms with Gasteiger partial charge in [-0.2, -0.15) is 0 Å². The van der Waals surface area contributed by atoms with E-state index in [0.29, 0.717) is 10.5 Å². The Balaban J connectivity index is 0.00000108. The van der Waals surface area contributed by atoms with Crippen molar-refractivity contribution in [2.75, 3.05) is 32.0 Å². The predicted octanol–water partition coefficient (Wildman–Crippen LogP) is 1.76. The fraction of sp³-hybridized carbons (Fsp3) is 0.727. The topological polar surface area (TPSA) is 51.4 Å². The third kappa shape index (κ3) is 3.10. The van der Waals surface area contributed by atoms with E-state index in [1.807, 2.05) is 6.20 Å². The van der Waals surface area contributed by atoms with Crippen molar-refractivity contribution >= 4 is 28.9 Å². The third-order valence-electron chi connectivity index (χ3n) is 3.43. The lowest BCUT2D eigenvalue weighted by molar-refractivity contribution is 0.115. The van der Waals surface area contributed by atoms with Crippen LogP contribution in [0.5, 0.6) is 0 Å². The lowest BCUT2D eigenvalue weighted by atomic mass is 10.1.